The second kappa shape index (κ2) is 3.98. The van der Waals surface area contributed by atoms with E-state index in [1.165, 1.54) is 4.90 Å². The summed E-state index contributed by atoms with van der Waals surface area (Å²) in [6.07, 6.45) is 0.120. The molecule has 2 amide bonds. The number of amides is 2. The number of oxazole rings is 1. The van der Waals surface area contributed by atoms with Crippen LogP contribution in [0.1, 0.15) is 6.42 Å². The number of nitrogens with one attached hydrogen (secondary N) is 1. The number of nitrogens with two attached hydrogens (primary N) is 1. The molecule has 1 aromatic heterocycles. The van der Waals surface area contributed by atoms with Crippen LogP contribution in [-0.4, -0.2) is 23.3 Å². The summed E-state index contributed by atoms with van der Waals surface area (Å²) in [6.45, 7) is 0.266. The summed E-state index contributed by atoms with van der Waals surface area (Å²) < 4.78 is 4.88. The Labute approximate surface area is 107 Å². The zero-order valence-electron chi connectivity index (χ0n) is 9.88. The van der Waals surface area contributed by atoms with Crippen LogP contribution in [0.2, 0.25) is 0 Å². The van der Waals surface area contributed by atoms with Crippen LogP contribution in [0.15, 0.2) is 27.4 Å². The number of anilines is 1. The smallest absolute Gasteiger partial charge is 0.408 e. The largest absolute Gasteiger partial charge is 0.417 e. The summed E-state index contributed by atoms with van der Waals surface area (Å²) in [6, 6.07) is 4.91. The molecule has 2 aromatic rings. The Morgan fingerprint density at radius 1 is 1.42 bits per heavy atom. The van der Waals surface area contributed by atoms with E-state index in [2.05, 4.69) is 4.98 Å². The number of aromatic nitrogens is 1. The molecule has 0 saturated carbocycles. The molecule has 0 bridgehead atoms. The number of primary amides is 1. The van der Waals surface area contributed by atoms with Crippen LogP contribution in [0.3, 0.4) is 0 Å². The fraction of sp³-hybridized carbons (Fsp3) is 0.250. The van der Waals surface area contributed by atoms with Crippen molar-refractivity contribution in [3.05, 3.63) is 28.7 Å². The predicted octanol–water partition coefficient (Wildman–Crippen LogP) is -0.0407. The summed E-state index contributed by atoms with van der Waals surface area (Å²) in [5, 5.41) is 0. The Kier molecular flexibility index (Phi) is 2.41. The number of nitrogens with zero attached hydrogens (tertiary/aromatic N) is 1. The number of carbonyl (C=O) groups excluding carboxylic acids is 2. The van der Waals surface area contributed by atoms with Crippen LogP contribution in [0, 0.1) is 5.92 Å². The van der Waals surface area contributed by atoms with E-state index in [9.17, 15) is 14.4 Å². The third-order valence-corrected chi connectivity index (χ3v) is 3.24. The maximum Gasteiger partial charge on any atom is 0.417 e. The van der Waals surface area contributed by atoms with Crippen molar-refractivity contribution in [1.29, 1.82) is 0 Å². The van der Waals surface area contributed by atoms with Gasteiger partial charge in [0.1, 0.15) is 0 Å². The summed E-state index contributed by atoms with van der Waals surface area (Å²) in [4.78, 5) is 38.0. The SMILES string of the molecule is NC(=O)C1CC(=O)N(c2ccc3oc(=O)[nH]c3c2)C1. The van der Waals surface area contributed by atoms with Crippen LogP contribution < -0.4 is 16.4 Å². The van der Waals surface area contributed by atoms with E-state index in [0.29, 0.717) is 16.8 Å². The molecule has 0 radical (unpaired) electrons. The molecule has 3 rings (SSSR count). The monoisotopic (exact) mass is 261 g/mol. The number of rotatable bonds is 2. The van der Waals surface area contributed by atoms with Crippen LogP contribution in [-0.2, 0) is 9.59 Å². The number of benzene rings is 1. The standard InChI is InChI=1S/C12H11N3O4/c13-11(17)6-3-10(16)15(5-6)7-1-2-9-8(4-7)14-12(18)19-9/h1-2,4,6H,3,5H2,(H2,13,17)(H,14,18). The van der Waals surface area contributed by atoms with Gasteiger partial charge in [-0.15, -0.1) is 0 Å². The predicted molar refractivity (Wildman–Crippen MR) is 66.5 cm³/mol. The quantitative estimate of drug-likeness (QED) is 0.790. The van der Waals surface area contributed by atoms with Gasteiger partial charge in [-0.3, -0.25) is 14.6 Å². The van der Waals surface area contributed by atoms with E-state index in [1.54, 1.807) is 18.2 Å². The van der Waals surface area contributed by atoms with Gasteiger partial charge in [0.05, 0.1) is 11.4 Å². The second-order valence-corrected chi connectivity index (χ2v) is 4.50. The molecule has 0 spiro atoms. The molecule has 1 atom stereocenters. The minimum Gasteiger partial charge on any atom is -0.408 e. The molecule has 1 fully saturated rings. The first-order valence-corrected chi connectivity index (χ1v) is 5.77. The zero-order chi connectivity index (χ0) is 13.6. The molecule has 1 saturated heterocycles. The molecule has 2 heterocycles. The lowest BCUT2D eigenvalue weighted by molar-refractivity contribution is -0.123. The van der Waals surface area contributed by atoms with Crippen molar-refractivity contribution in [3.63, 3.8) is 0 Å². The Bertz CT molecular complexity index is 730. The van der Waals surface area contributed by atoms with Crippen LogP contribution >= 0.6 is 0 Å². The van der Waals surface area contributed by atoms with Gasteiger partial charge < -0.3 is 15.1 Å². The van der Waals surface area contributed by atoms with Crippen molar-refractivity contribution >= 4 is 28.6 Å². The summed E-state index contributed by atoms with van der Waals surface area (Å²) in [5.41, 5.74) is 6.76. The molecule has 98 valence electrons. The highest BCUT2D eigenvalue weighted by molar-refractivity contribution is 6.01. The summed E-state index contributed by atoms with van der Waals surface area (Å²) in [7, 11) is 0. The van der Waals surface area contributed by atoms with Crippen molar-refractivity contribution in [3.8, 4) is 0 Å². The van der Waals surface area contributed by atoms with E-state index in [4.69, 9.17) is 10.2 Å². The topological polar surface area (TPSA) is 109 Å². The van der Waals surface area contributed by atoms with E-state index in [1.807, 2.05) is 0 Å². The lowest BCUT2D eigenvalue weighted by Crippen LogP contribution is -2.28. The van der Waals surface area contributed by atoms with Gasteiger partial charge in [0.25, 0.3) is 0 Å². The second-order valence-electron chi connectivity index (χ2n) is 4.50. The number of carbonyl (C=O) groups is 2. The van der Waals surface area contributed by atoms with Gasteiger partial charge in [-0.05, 0) is 18.2 Å². The third kappa shape index (κ3) is 1.88. The number of fused-ring (bicyclic) bond motifs is 1. The van der Waals surface area contributed by atoms with E-state index < -0.39 is 17.6 Å². The fourth-order valence-electron chi connectivity index (χ4n) is 2.26. The minimum absolute atomic E-state index is 0.120. The maximum absolute atomic E-state index is 11.9. The molecule has 7 nitrogen and oxygen atoms in total. The molecule has 19 heavy (non-hydrogen) atoms. The van der Waals surface area contributed by atoms with Crippen molar-refractivity contribution < 1.29 is 14.0 Å². The van der Waals surface area contributed by atoms with Gasteiger partial charge in [-0.2, -0.15) is 0 Å². The van der Waals surface area contributed by atoms with Crippen molar-refractivity contribution in [2.75, 3.05) is 11.4 Å². The van der Waals surface area contributed by atoms with E-state index >= 15 is 0 Å². The average Bonchev–Trinajstić information content (AvgIpc) is 2.90. The molecule has 1 aliphatic heterocycles. The molecular formula is C12H11N3O4. The van der Waals surface area contributed by atoms with Crippen LogP contribution in [0.5, 0.6) is 0 Å². The first kappa shape index (κ1) is 11.5. The molecule has 1 aliphatic rings. The first-order valence-electron chi connectivity index (χ1n) is 5.77. The molecular weight excluding hydrogens is 250 g/mol. The van der Waals surface area contributed by atoms with Crippen LogP contribution in [0.25, 0.3) is 11.1 Å². The zero-order valence-corrected chi connectivity index (χ0v) is 9.88. The molecule has 0 aliphatic carbocycles. The number of aromatic amines is 1. The van der Waals surface area contributed by atoms with Gasteiger partial charge in [0.15, 0.2) is 5.58 Å². The van der Waals surface area contributed by atoms with Crippen molar-refractivity contribution in [1.82, 2.24) is 4.98 Å². The Balaban J connectivity index is 1.98. The molecule has 7 heteroatoms. The van der Waals surface area contributed by atoms with E-state index in [-0.39, 0.29) is 18.9 Å². The summed E-state index contributed by atoms with van der Waals surface area (Å²) >= 11 is 0. The maximum atomic E-state index is 11.9. The molecule has 1 unspecified atom stereocenters. The Hall–Kier alpha value is -2.57. The highest BCUT2D eigenvalue weighted by Crippen LogP contribution is 2.27. The Morgan fingerprint density at radius 2 is 2.21 bits per heavy atom. The minimum atomic E-state index is -0.546. The van der Waals surface area contributed by atoms with Gasteiger partial charge in [-0.1, -0.05) is 0 Å². The highest BCUT2D eigenvalue weighted by Gasteiger charge is 2.34. The number of hydrogen-bond donors (Lipinski definition) is 2. The lowest BCUT2D eigenvalue weighted by Gasteiger charge is -2.15. The van der Waals surface area contributed by atoms with Crippen molar-refractivity contribution in [2.24, 2.45) is 11.7 Å². The van der Waals surface area contributed by atoms with Crippen LogP contribution in [0.4, 0.5) is 5.69 Å². The highest BCUT2D eigenvalue weighted by atomic mass is 16.4. The lowest BCUT2D eigenvalue weighted by atomic mass is 10.1. The number of H-pyrrole nitrogens is 1. The Morgan fingerprint density at radius 3 is 2.89 bits per heavy atom. The number of hydrogen-bond acceptors (Lipinski definition) is 4. The van der Waals surface area contributed by atoms with Crippen molar-refractivity contribution in [2.45, 2.75) is 6.42 Å². The van der Waals surface area contributed by atoms with Gasteiger partial charge >= 0.3 is 5.76 Å². The van der Waals surface area contributed by atoms with Gasteiger partial charge in [0, 0.05) is 18.7 Å². The first-order chi connectivity index (χ1) is 9.04. The molecule has 3 N–H and O–H groups in total. The van der Waals surface area contributed by atoms with E-state index in [0.717, 1.165) is 0 Å². The average molecular weight is 261 g/mol. The summed E-state index contributed by atoms with van der Waals surface area (Å²) in [5.74, 6) is -1.65. The fourth-order valence-corrected chi connectivity index (χ4v) is 2.26. The molecule has 1 aromatic carbocycles. The normalized spacial score (nSPS) is 19.3. The van der Waals surface area contributed by atoms with Gasteiger partial charge in [-0.25, -0.2) is 4.79 Å². The third-order valence-electron chi connectivity index (χ3n) is 3.24. The van der Waals surface area contributed by atoms with Gasteiger partial charge in [0.2, 0.25) is 11.8 Å².